The van der Waals surface area contributed by atoms with E-state index < -0.39 is 0 Å². The molecule has 0 bridgehead atoms. The number of rotatable bonds is 6. The number of nitrogens with zero attached hydrogens (tertiary/aromatic N) is 2. The lowest BCUT2D eigenvalue weighted by Gasteiger charge is -2.12. The van der Waals surface area contributed by atoms with Crippen LogP contribution in [-0.4, -0.2) is 41.6 Å². The van der Waals surface area contributed by atoms with Gasteiger partial charge in [0.25, 0.3) is 5.91 Å². The third-order valence-corrected chi connectivity index (χ3v) is 4.06. The Kier molecular flexibility index (Phi) is 5.02. The zero-order chi connectivity index (χ0) is 17.8. The fraction of sp³-hybridized carbons (Fsp3) is 0.389. The number of carbonyl (C=O) groups excluding carboxylic acids is 2. The minimum atomic E-state index is -0.287. The topological polar surface area (TPSA) is 84.7 Å². The van der Waals surface area contributed by atoms with Crippen LogP contribution in [-0.2, 0) is 11.2 Å². The van der Waals surface area contributed by atoms with Crippen LogP contribution in [0, 0.1) is 0 Å². The highest BCUT2D eigenvalue weighted by Crippen LogP contribution is 2.20. The third-order valence-electron chi connectivity index (χ3n) is 4.06. The van der Waals surface area contributed by atoms with Gasteiger partial charge >= 0.3 is 6.09 Å². The standard InChI is InChI=1S/C18H21N3O4/c1-12(2)16-15(19-11-25-16)17(22)20-14-5-3-13(4-6-14)7-8-21-9-10-24-18(21)23/h3-6,11-12H,7-10H2,1-2H3,(H,20,22). The number of amides is 2. The molecule has 1 saturated heterocycles. The largest absolute Gasteiger partial charge is 0.448 e. The number of cyclic esters (lactones) is 1. The molecule has 2 amide bonds. The molecule has 0 aliphatic carbocycles. The molecule has 1 aromatic heterocycles. The second-order valence-electron chi connectivity index (χ2n) is 6.22. The summed E-state index contributed by atoms with van der Waals surface area (Å²) in [6.07, 6.45) is 1.78. The van der Waals surface area contributed by atoms with Crippen molar-refractivity contribution in [3.8, 4) is 0 Å². The van der Waals surface area contributed by atoms with E-state index in [1.165, 1.54) is 6.39 Å². The summed E-state index contributed by atoms with van der Waals surface area (Å²) in [5.41, 5.74) is 2.08. The fourth-order valence-corrected chi connectivity index (χ4v) is 2.67. The summed E-state index contributed by atoms with van der Waals surface area (Å²) in [5, 5.41) is 2.83. The van der Waals surface area contributed by atoms with Gasteiger partial charge < -0.3 is 19.4 Å². The van der Waals surface area contributed by atoms with Crippen molar-refractivity contribution in [3.63, 3.8) is 0 Å². The van der Waals surface area contributed by atoms with Gasteiger partial charge in [0.15, 0.2) is 12.1 Å². The number of anilines is 1. The number of carbonyl (C=O) groups is 2. The quantitative estimate of drug-likeness (QED) is 0.871. The summed E-state index contributed by atoms with van der Waals surface area (Å²) >= 11 is 0. The van der Waals surface area contributed by atoms with Crippen molar-refractivity contribution in [3.05, 3.63) is 47.7 Å². The summed E-state index contributed by atoms with van der Waals surface area (Å²) in [5.74, 6) is 0.375. The first-order valence-electron chi connectivity index (χ1n) is 8.30. The van der Waals surface area contributed by atoms with Crippen LogP contribution in [0.3, 0.4) is 0 Å². The van der Waals surface area contributed by atoms with Gasteiger partial charge in [-0.05, 0) is 24.1 Å². The van der Waals surface area contributed by atoms with Crippen LogP contribution in [0.4, 0.5) is 10.5 Å². The minimum Gasteiger partial charge on any atom is -0.448 e. The van der Waals surface area contributed by atoms with Gasteiger partial charge in [-0.25, -0.2) is 9.78 Å². The SMILES string of the molecule is CC(C)c1ocnc1C(=O)Nc1ccc(CCN2CCOC2=O)cc1. The van der Waals surface area contributed by atoms with Gasteiger partial charge in [-0.3, -0.25) is 4.79 Å². The summed E-state index contributed by atoms with van der Waals surface area (Å²) in [6.45, 7) is 5.62. The highest BCUT2D eigenvalue weighted by molar-refractivity contribution is 6.03. The Hall–Kier alpha value is -2.83. The average Bonchev–Trinajstić information content (AvgIpc) is 3.23. The molecular formula is C18H21N3O4. The maximum Gasteiger partial charge on any atom is 0.409 e. The number of nitrogens with one attached hydrogen (secondary N) is 1. The first kappa shape index (κ1) is 17.0. The Bertz CT molecular complexity index is 752. The molecule has 1 aliphatic rings. The Morgan fingerprint density at radius 3 is 2.72 bits per heavy atom. The van der Waals surface area contributed by atoms with Crippen LogP contribution in [0.5, 0.6) is 0 Å². The van der Waals surface area contributed by atoms with Crippen molar-refractivity contribution in [1.29, 1.82) is 0 Å². The second-order valence-corrected chi connectivity index (χ2v) is 6.22. The van der Waals surface area contributed by atoms with Crippen LogP contribution < -0.4 is 5.32 Å². The molecule has 7 heteroatoms. The molecule has 0 atom stereocenters. The van der Waals surface area contributed by atoms with Crippen molar-refractivity contribution < 1.29 is 18.7 Å². The van der Waals surface area contributed by atoms with E-state index in [4.69, 9.17) is 9.15 Å². The lowest BCUT2D eigenvalue weighted by atomic mass is 10.1. The van der Waals surface area contributed by atoms with E-state index in [0.29, 0.717) is 36.8 Å². The van der Waals surface area contributed by atoms with Crippen molar-refractivity contribution in [1.82, 2.24) is 9.88 Å². The van der Waals surface area contributed by atoms with Crippen molar-refractivity contribution in [2.75, 3.05) is 25.0 Å². The zero-order valence-electron chi connectivity index (χ0n) is 14.3. The predicted molar refractivity (Wildman–Crippen MR) is 91.6 cm³/mol. The van der Waals surface area contributed by atoms with Crippen molar-refractivity contribution in [2.45, 2.75) is 26.2 Å². The van der Waals surface area contributed by atoms with Crippen molar-refractivity contribution >= 4 is 17.7 Å². The molecule has 3 rings (SSSR count). The molecule has 2 heterocycles. The molecular weight excluding hydrogens is 322 g/mol. The Labute approximate surface area is 146 Å². The van der Waals surface area contributed by atoms with Crippen molar-refractivity contribution in [2.24, 2.45) is 0 Å². The molecule has 1 N–H and O–H groups in total. The normalized spacial score (nSPS) is 14.0. The number of hydrogen-bond acceptors (Lipinski definition) is 5. The first-order chi connectivity index (χ1) is 12.0. The van der Waals surface area contributed by atoms with Gasteiger partial charge in [0.05, 0.1) is 6.54 Å². The van der Waals surface area contributed by atoms with Gasteiger partial charge in [-0.2, -0.15) is 0 Å². The molecule has 7 nitrogen and oxygen atoms in total. The number of benzene rings is 1. The highest BCUT2D eigenvalue weighted by Gasteiger charge is 2.21. The zero-order valence-corrected chi connectivity index (χ0v) is 14.3. The smallest absolute Gasteiger partial charge is 0.409 e. The lowest BCUT2D eigenvalue weighted by Crippen LogP contribution is -2.26. The van der Waals surface area contributed by atoms with E-state index in [2.05, 4.69) is 10.3 Å². The Balaban J connectivity index is 1.57. The monoisotopic (exact) mass is 343 g/mol. The molecule has 1 aliphatic heterocycles. The van der Waals surface area contributed by atoms with Crippen LogP contribution in [0.2, 0.25) is 0 Å². The summed E-state index contributed by atoms with van der Waals surface area (Å²) < 4.78 is 10.2. The molecule has 1 aromatic carbocycles. The van der Waals surface area contributed by atoms with Crippen LogP contribution in [0.1, 0.15) is 41.6 Å². The van der Waals surface area contributed by atoms with Gasteiger partial charge in [0, 0.05) is 18.2 Å². The Morgan fingerprint density at radius 1 is 1.32 bits per heavy atom. The summed E-state index contributed by atoms with van der Waals surface area (Å²) in [4.78, 5) is 29.4. The molecule has 2 aromatic rings. The maximum absolute atomic E-state index is 12.3. The van der Waals surface area contributed by atoms with Gasteiger partial charge in [0.1, 0.15) is 12.4 Å². The van der Waals surface area contributed by atoms with Gasteiger partial charge in [-0.1, -0.05) is 26.0 Å². The number of ether oxygens (including phenoxy) is 1. The highest BCUT2D eigenvalue weighted by atomic mass is 16.6. The molecule has 1 fully saturated rings. The number of hydrogen-bond donors (Lipinski definition) is 1. The number of oxazole rings is 1. The maximum atomic E-state index is 12.3. The minimum absolute atomic E-state index is 0.0860. The Morgan fingerprint density at radius 2 is 2.08 bits per heavy atom. The molecule has 0 unspecified atom stereocenters. The molecule has 0 spiro atoms. The van der Waals surface area contributed by atoms with E-state index in [9.17, 15) is 9.59 Å². The van der Waals surface area contributed by atoms with Gasteiger partial charge in [0.2, 0.25) is 0 Å². The molecule has 0 saturated carbocycles. The first-order valence-corrected chi connectivity index (χ1v) is 8.30. The molecule has 25 heavy (non-hydrogen) atoms. The molecule has 0 radical (unpaired) electrons. The van der Waals surface area contributed by atoms with Crippen LogP contribution in [0.15, 0.2) is 35.1 Å². The van der Waals surface area contributed by atoms with Gasteiger partial charge in [-0.15, -0.1) is 0 Å². The van der Waals surface area contributed by atoms with E-state index in [0.717, 1.165) is 12.0 Å². The van der Waals surface area contributed by atoms with E-state index >= 15 is 0 Å². The second kappa shape index (κ2) is 7.38. The van der Waals surface area contributed by atoms with Crippen LogP contribution >= 0.6 is 0 Å². The third kappa shape index (κ3) is 3.99. The molecule has 132 valence electrons. The average molecular weight is 343 g/mol. The number of aromatic nitrogens is 1. The fourth-order valence-electron chi connectivity index (χ4n) is 2.67. The lowest BCUT2D eigenvalue weighted by molar-refractivity contribution is 0.102. The van der Waals surface area contributed by atoms with E-state index in [-0.39, 0.29) is 17.9 Å². The summed E-state index contributed by atoms with van der Waals surface area (Å²) in [6, 6.07) is 7.54. The summed E-state index contributed by atoms with van der Waals surface area (Å²) in [7, 11) is 0. The van der Waals surface area contributed by atoms with E-state index in [1.807, 2.05) is 38.1 Å². The predicted octanol–water partition coefficient (Wildman–Crippen LogP) is 3.05. The van der Waals surface area contributed by atoms with Crippen LogP contribution in [0.25, 0.3) is 0 Å². The van der Waals surface area contributed by atoms with E-state index in [1.54, 1.807) is 4.90 Å².